The minimum Gasteiger partial charge on any atom is -0.422 e. The number of carbonyl (C=O) groups excluding carboxylic acids is 2. The second kappa shape index (κ2) is 6.43. The zero-order chi connectivity index (χ0) is 15.6. The fourth-order valence-corrected chi connectivity index (χ4v) is 2.06. The maximum Gasteiger partial charge on any atom is 0.363 e. The molecule has 4 nitrogen and oxygen atoms in total. The van der Waals surface area contributed by atoms with E-state index in [0.717, 1.165) is 0 Å². The summed E-state index contributed by atoms with van der Waals surface area (Å²) >= 11 is 17.5. The van der Waals surface area contributed by atoms with Crippen LogP contribution in [0.25, 0.3) is 0 Å². The van der Waals surface area contributed by atoms with Gasteiger partial charge in [-0.25, -0.2) is 9.78 Å². The van der Waals surface area contributed by atoms with Gasteiger partial charge in [-0.3, -0.25) is 4.79 Å². The van der Waals surface area contributed by atoms with Crippen molar-refractivity contribution in [2.24, 2.45) is 0 Å². The molecule has 1 aromatic heterocycles. The number of rotatable bonds is 3. The number of pyridine rings is 1. The van der Waals surface area contributed by atoms with Crippen molar-refractivity contribution >= 4 is 46.6 Å². The molecular weight excluding hydrogens is 337 g/mol. The highest BCUT2D eigenvalue weighted by Crippen LogP contribution is 2.31. The highest BCUT2D eigenvalue weighted by atomic mass is 35.5. The van der Waals surface area contributed by atoms with E-state index in [1.54, 1.807) is 12.1 Å². The van der Waals surface area contributed by atoms with Crippen LogP contribution in [0.4, 0.5) is 0 Å². The first-order chi connectivity index (χ1) is 9.90. The van der Waals surface area contributed by atoms with Crippen LogP contribution in [-0.4, -0.2) is 16.7 Å². The molecule has 1 heterocycles. The number of nitrogens with zero attached hydrogens (tertiary/aromatic N) is 1. The molecule has 108 valence electrons. The molecule has 0 aliphatic carbocycles. The van der Waals surface area contributed by atoms with Crippen molar-refractivity contribution in [2.45, 2.75) is 6.92 Å². The number of halogens is 3. The van der Waals surface area contributed by atoms with Crippen molar-refractivity contribution in [1.82, 2.24) is 4.98 Å². The van der Waals surface area contributed by atoms with E-state index in [4.69, 9.17) is 39.5 Å². The molecule has 0 radical (unpaired) electrons. The van der Waals surface area contributed by atoms with Crippen LogP contribution in [0.5, 0.6) is 5.75 Å². The normalized spacial score (nSPS) is 10.3. The van der Waals surface area contributed by atoms with Crippen molar-refractivity contribution in [2.75, 3.05) is 0 Å². The average Bonchev–Trinajstić information content (AvgIpc) is 2.45. The molecule has 2 aromatic rings. The van der Waals surface area contributed by atoms with E-state index in [1.807, 2.05) is 0 Å². The molecular formula is C14H8Cl3NO3. The predicted octanol–water partition coefficient (Wildman–Crippen LogP) is 4.46. The van der Waals surface area contributed by atoms with Crippen LogP contribution in [0.3, 0.4) is 0 Å². The molecule has 0 N–H and O–H groups in total. The van der Waals surface area contributed by atoms with Crippen molar-refractivity contribution in [3.8, 4) is 5.75 Å². The Morgan fingerprint density at radius 1 is 1.05 bits per heavy atom. The van der Waals surface area contributed by atoms with Crippen LogP contribution < -0.4 is 4.74 Å². The number of carbonyl (C=O) groups is 2. The Balaban J connectivity index is 2.22. The summed E-state index contributed by atoms with van der Waals surface area (Å²) in [6.07, 6.45) is 1.21. The minimum absolute atomic E-state index is 0.0345. The maximum absolute atomic E-state index is 12.0. The number of ether oxygens (including phenoxy) is 1. The van der Waals surface area contributed by atoms with Crippen LogP contribution >= 0.6 is 34.8 Å². The average molecular weight is 345 g/mol. The summed E-state index contributed by atoms with van der Waals surface area (Å²) in [6.45, 7) is 1.44. The largest absolute Gasteiger partial charge is 0.422 e. The van der Waals surface area contributed by atoms with Gasteiger partial charge in [-0.2, -0.15) is 0 Å². The van der Waals surface area contributed by atoms with Crippen molar-refractivity contribution in [1.29, 1.82) is 0 Å². The number of hydrogen-bond acceptors (Lipinski definition) is 4. The van der Waals surface area contributed by atoms with E-state index >= 15 is 0 Å². The molecule has 0 unspecified atom stereocenters. The van der Waals surface area contributed by atoms with Gasteiger partial charge >= 0.3 is 5.97 Å². The summed E-state index contributed by atoms with van der Waals surface area (Å²) < 4.78 is 5.11. The number of benzene rings is 1. The third kappa shape index (κ3) is 3.53. The molecule has 7 heteroatoms. The maximum atomic E-state index is 12.0. The Labute approximate surface area is 135 Å². The van der Waals surface area contributed by atoms with Gasteiger partial charge in [0.05, 0.1) is 15.1 Å². The second-order valence-electron chi connectivity index (χ2n) is 4.05. The van der Waals surface area contributed by atoms with Gasteiger partial charge in [-0.05, 0) is 31.2 Å². The monoisotopic (exact) mass is 343 g/mol. The molecule has 0 saturated carbocycles. The lowest BCUT2D eigenvalue weighted by Crippen LogP contribution is -2.11. The fourth-order valence-electron chi connectivity index (χ4n) is 1.50. The van der Waals surface area contributed by atoms with Crippen LogP contribution in [0.1, 0.15) is 27.8 Å². The molecule has 0 spiro atoms. The fraction of sp³-hybridized carbons (Fsp3) is 0.0714. The van der Waals surface area contributed by atoms with Crippen molar-refractivity contribution in [3.63, 3.8) is 0 Å². The van der Waals surface area contributed by atoms with Gasteiger partial charge in [0.2, 0.25) is 0 Å². The second-order valence-corrected chi connectivity index (χ2v) is 5.22. The number of aromatic nitrogens is 1. The number of Topliss-reactive ketones (excluding diaryl/α,β-unsaturated/α-hetero) is 1. The van der Waals surface area contributed by atoms with Crippen molar-refractivity contribution in [3.05, 3.63) is 56.8 Å². The smallest absolute Gasteiger partial charge is 0.363 e. The summed E-state index contributed by atoms with van der Waals surface area (Å²) in [4.78, 5) is 26.9. The quantitative estimate of drug-likeness (QED) is 0.468. The molecule has 1 aromatic carbocycles. The number of esters is 1. The van der Waals surface area contributed by atoms with E-state index in [-0.39, 0.29) is 32.3 Å². The molecule has 0 amide bonds. The lowest BCUT2D eigenvalue weighted by Gasteiger charge is -2.07. The minimum atomic E-state index is -0.769. The third-order valence-electron chi connectivity index (χ3n) is 2.58. The molecule has 0 aliphatic rings. The highest BCUT2D eigenvalue weighted by Gasteiger charge is 2.19. The Morgan fingerprint density at radius 2 is 1.67 bits per heavy atom. The van der Waals surface area contributed by atoms with Gasteiger partial charge in [-0.1, -0.05) is 34.8 Å². The molecule has 0 atom stereocenters. The van der Waals surface area contributed by atoms with E-state index in [2.05, 4.69) is 4.98 Å². The first-order valence-electron chi connectivity index (χ1n) is 5.73. The lowest BCUT2D eigenvalue weighted by molar-refractivity contribution is 0.0729. The Morgan fingerprint density at radius 3 is 2.24 bits per heavy atom. The van der Waals surface area contributed by atoms with E-state index in [1.165, 1.54) is 25.3 Å². The van der Waals surface area contributed by atoms with Gasteiger partial charge in [0.25, 0.3) is 0 Å². The van der Waals surface area contributed by atoms with Gasteiger partial charge in [-0.15, -0.1) is 0 Å². The molecule has 2 rings (SSSR count). The first-order valence-corrected chi connectivity index (χ1v) is 6.86. The summed E-state index contributed by atoms with van der Waals surface area (Å²) in [5.74, 6) is -0.592. The van der Waals surface area contributed by atoms with Gasteiger partial charge in [0.1, 0.15) is 5.75 Å². The summed E-state index contributed by atoms with van der Waals surface area (Å²) in [7, 11) is 0. The third-order valence-corrected chi connectivity index (χ3v) is 3.82. The predicted molar refractivity (Wildman–Crippen MR) is 80.7 cm³/mol. The Kier molecular flexibility index (Phi) is 4.83. The van der Waals surface area contributed by atoms with E-state index in [9.17, 15) is 9.59 Å². The van der Waals surface area contributed by atoms with Crippen LogP contribution in [0, 0.1) is 0 Å². The summed E-state index contributed by atoms with van der Waals surface area (Å²) in [6, 6.07) is 6.10. The topological polar surface area (TPSA) is 56.3 Å². The molecule has 0 aliphatic heterocycles. The van der Waals surface area contributed by atoms with E-state index < -0.39 is 5.97 Å². The number of ketones is 1. The molecule has 0 bridgehead atoms. The SMILES string of the molecule is CC(=O)c1ccc(OC(=O)c2ncc(Cl)c(Cl)c2Cl)cc1. The standard InChI is InChI=1S/C14H8Cl3NO3/c1-7(19)8-2-4-9(5-3-8)21-14(20)13-12(17)11(16)10(15)6-18-13/h2-6H,1H3. The van der Waals surface area contributed by atoms with Gasteiger partial charge in [0, 0.05) is 11.8 Å². The van der Waals surface area contributed by atoms with Crippen LogP contribution in [0.15, 0.2) is 30.5 Å². The Bertz CT molecular complexity index is 714. The van der Waals surface area contributed by atoms with Gasteiger partial charge < -0.3 is 4.74 Å². The van der Waals surface area contributed by atoms with Crippen LogP contribution in [-0.2, 0) is 0 Å². The van der Waals surface area contributed by atoms with Crippen LogP contribution in [0.2, 0.25) is 15.1 Å². The van der Waals surface area contributed by atoms with Gasteiger partial charge in [0.15, 0.2) is 11.5 Å². The van der Waals surface area contributed by atoms with E-state index in [0.29, 0.717) is 5.56 Å². The zero-order valence-electron chi connectivity index (χ0n) is 10.7. The molecule has 21 heavy (non-hydrogen) atoms. The zero-order valence-corrected chi connectivity index (χ0v) is 13.0. The lowest BCUT2D eigenvalue weighted by atomic mass is 10.1. The highest BCUT2D eigenvalue weighted by molar-refractivity contribution is 6.48. The Hall–Kier alpha value is -1.62. The first kappa shape index (κ1) is 15.8. The van der Waals surface area contributed by atoms with Crippen molar-refractivity contribution < 1.29 is 14.3 Å². The summed E-state index contributed by atoms with van der Waals surface area (Å²) in [5.41, 5.74) is 0.377. The summed E-state index contributed by atoms with van der Waals surface area (Å²) in [5, 5.41) is 0.103. The molecule has 0 fully saturated rings. The number of hydrogen-bond donors (Lipinski definition) is 0. The molecule has 0 saturated heterocycles.